The molecule has 1 amide bonds. The number of aromatic carboxylic acids is 1. The average molecular weight is 458 g/mol. The summed E-state index contributed by atoms with van der Waals surface area (Å²) in [4.78, 5) is 23.6. The van der Waals surface area contributed by atoms with Crippen LogP contribution in [0.2, 0.25) is 0 Å². The highest BCUT2D eigenvalue weighted by atomic mass is 16.5. The number of para-hydroxylation sites is 1. The van der Waals surface area contributed by atoms with Crippen LogP contribution < -0.4 is 14.9 Å². The number of nitrogens with one attached hydrogen (secondary N) is 1. The van der Waals surface area contributed by atoms with Gasteiger partial charge in [0.2, 0.25) is 0 Å². The third-order valence-electron chi connectivity index (χ3n) is 4.88. The molecule has 4 aromatic rings. The van der Waals surface area contributed by atoms with Gasteiger partial charge in [-0.05, 0) is 61.0 Å². The topological polar surface area (TPSA) is 110 Å². The molecule has 8 nitrogen and oxygen atoms in total. The first-order valence-electron chi connectivity index (χ1n) is 10.6. The minimum absolute atomic E-state index is 0.128. The third-order valence-corrected chi connectivity index (χ3v) is 4.88. The maximum atomic E-state index is 12.5. The highest BCUT2D eigenvalue weighted by Gasteiger charge is 2.12. The first kappa shape index (κ1) is 22.6. The predicted octanol–water partition coefficient (Wildman–Crippen LogP) is 4.87. The average Bonchev–Trinajstić information content (AvgIpc) is 3.27. The summed E-state index contributed by atoms with van der Waals surface area (Å²) in [7, 11) is 0. The van der Waals surface area contributed by atoms with E-state index in [0.29, 0.717) is 29.3 Å². The molecule has 0 saturated carbocycles. The quantitative estimate of drug-likeness (QED) is 0.273. The Kier molecular flexibility index (Phi) is 6.88. The lowest BCUT2D eigenvalue weighted by molar-refractivity contribution is 0.0696. The molecule has 0 atom stereocenters. The molecule has 0 aliphatic rings. The summed E-state index contributed by atoms with van der Waals surface area (Å²) < 4.78 is 16.9. The van der Waals surface area contributed by atoms with Crippen LogP contribution in [0.5, 0.6) is 11.5 Å². The van der Waals surface area contributed by atoms with E-state index in [4.69, 9.17) is 19.0 Å². The molecular formula is C26H22N2O6. The lowest BCUT2D eigenvalue weighted by atomic mass is 10.1. The number of carboxylic acids is 1. The second kappa shape index (κ2) is 10.4. The van der Waals surface area contributed by atoms with E-state index in [1.165, 1.54) is 12.3 Å². The Balaban J connectivity index is 1.41. The summed E-state index contributed by atoms with van der Waals surface area (Å²) in [5, 5.41) is 13.9. The predicted molar refractivity (Wildman–Crippen MR) is 127 cm³/mol. The summed E-state index contributed by atoms with van der Waals surface area (Å²) in [6, 6.07) is 20.7. The van der Waals surface area contributed by atoms with Crippen molar-refractivity contribution >= 4 is 29.1 Å². The number of carbonyl (C=O) groups excluding carboxylic acids is 1. The number of hydrazone groups is 1. The van der Waals surface area contributed by atoms with E-state index in [-0.39, 0.29) is 17.9 Å². The molecule has 0 unspecified atom stereocenters. The van der Waals surface area contributed by atoms with Crippen molar-refractivity contribution in [3.8, 4) is 11.5 Å². The molecule has 0 radical (unpaired) electrons. The normalized spacial score (nSPS) is 11.0. The fourth-order valence-electron chi connectivity index (χ4n) is 3.28. The highest BCUT2D eigenvalue weighted by Crippen LogP contribution is 2.24. The van der Waals surface area contributed by atoms with Crippen molar-refractivity contribution in [3.05, 3.63) is 95.2 Å². The van der Waals surface area contributed by atoms with Crippen LogP contribution in [0.1, 0.15) is 39.0 Å². The molecule has 0 aliphatic heterocycles. The number of hydrogen-bond donors (Lipinski definition) is 2. The fourth-order valence-corrected chi connectivity index (χ4v) is 3.28. The van der Waals surface area contributed by atoms with Gasteiger partial charge < -0.3 is 19.0 Å². The Morgan fingerprint density at radius 1 is 1.03 bits per heavy atom. The first-order chi connectivity index (χ1) is 16.5. The number of rotatable bonds is 9. The smallest absolute Gasteiger partial charge is 0.335 e. The van der Waals surface area contributed by atoms with Crippen molar-refractivity contribution < 1.29 is 28.6 Å². The minimum atomic E-state index is -0.996. The minimum Gasteiger partial charge on any atom is -0.494 e. The van der Waals surface area contributed by atoms with Crippen molar-refractivity contribution in [1.82, 2.24) is 5.43 Å². The van der Waals surface area contributed by atoms with Gasteiger partial charge in [0.15, 0.2) is 5.76 Å². The molecule has 3 aromatic carbocycles. The Labute approximate surface area is 195 Å². The number of benzene rings is 3. The second-order valence-electron chi connectivity index (χ2n) is 7.27. The molecule has 4 rings (SSSR count). The van der Waals surface area contributed by atoms with E-state index in [9.17, 15) is 9.59 Å². The maximum Gasteiger partial charge on any atom is 0.335 e. The van der Waals surface area contributed by atoms with Crippen LogP contribution in [-0.4, -0.2) is 29.8 Å². The van der Waals surface area contributed by atoms with E-state index in [0.717, 1.165) is 10.9 Å². The number of carbonyl (C=O) groups is 2. The van der Waals surface area contributed by atoms with E-state index >= 15 is 0 Å². The van der Waals surface area contributed by atoms with E-state index in [1.807, 2.05) is 25.1 Å². The van der Waals surface area contributed by atoms with Gasteiger partial charge in [0, 0.05) is 10.9 Å². The Morgan fingerprint density at radius 3 is 2.71 bits per heavy atom. The monoisotopic (exact) mass is 458 g/mol. The van der Waals surface area contributed by atoms with Crippen molar-refractivity contribution in [2.24, 2.45) is 5.10 Å². The summed E-state index contributed by atoms with van der Waals surface area (Å²) >= 11 is 0. The summed E-state index contributed by atoms with van der Waals surface area (Å²) in [6.45, 7) is 2.63. The van der Waals surface area contributed by atoms with Crippen LogP contribution in [0.3, 0.4) is 0 Å². The number of hydrogen-bond acceptors (Lipinski definition) is 6. The summed E-state index contributed by atoms with van der Waals surface area (Å²) in [5.41, 5.74) is 4.58. The molecule has 1 heterocycles. The zero-order chi connectivity index (χ0) is 23.9. The first-order valence-corrected chi connectivity index (χ1v) is 10.6. The molecule has 2 N–H and O–H groups in total. The van der Waals surface area contributed by atoms with Crippen LogP contribution in [0.4, 0.5) is 0 Å². The van der Waals surface area contributed by atoms with Crippen LogP contribution in [0.25, 0.3) is 11.0 Å². The number of fused-ring (bicyclic) bond motifs is 1. The van der Waals surface area contributed by atoms with Gasteiger partial charge in [-0.2, -0.15) is 5.10 Å². The molecule has 34 heavy (non-hydrogen) atoms. The summed E-state index contributed by atoms with van der Waals surface area (Å²) in [5.74, 6) is -0.122. The van der Waals surface area contributed by atoms with Crippen molar-refractivity contribution in [3.63, 3.8) is 0 Å². The number of nitrogens with zero attached hydrogens (tertiary/aromatic N) is 1. The van der Waals surface area contributed by atoms with Gasteiger partial charge >= 0.3 is 11.9 Å². The molecule has 1 aromatic heterocycles. The molecule has 0 spiro atoms. The van der Waals surface area contributed by atoms with Crippen molar-refractivity contribution in [1.29, 1.82) is 0 Å². The van der Waals surface area contributed by atoms with Gasteiger partial charge in [-0.25, -0.2) is 10.2 Å². The Morgan fingerprint density at radius 2 is 1.88 bits per heavy atom. The number of amides is 1. The number of furan rings is 1. The molecular weight excluding hydrogens is 436 g/mol. The lowest BCUT2D eigenvalue weighted by Crippen LogP contribution is -2.16. The molecule has 0 saturated heterocycles. The maximum absolute atomic E-state index is 12.5. The lowest BCUT2D eigenvalue weighted by Gasteiger charge is -2.09. The van der Waals surface area contributed by atoms with Gasteiger partial charge in [0.1, 0.15) is 23.7 Å². The fraction of sp³-hybridized carbons (Fsp3) is 0.115. The van der Waals surface area contributed by atoms with E-state index < -0.39 is 11.9 Å². The van der Waals surface area contributed by atoms with Gasteiger partial charge in [-0.3, -0.25) is 4.79 Å². The molecule has 0 bridgehead atoms. The molecule has 172 valence electrons. The Hall–Kier alpha value is -4.59. The molecule has 8 heteroatoms. The van der Waals surface area contributed by atoms with Crippen molar-refractivity contribution in [2.75, 3.05) is 6.61 Å². The SMILES string of the molecule is CCOc1ccc2oc(C(=O)N/N=C/c3ccccc3OCc3cccc(C(=O)O)c3)cc2c1. The number of ether oxygens (including phenoxy) is 2. The van der Waals surface area contributed by atoms with Crippen LogP contribution in [-0.2, 0) is 6.61 Å². The van der Waals surface area contributed by atoms with Crippen LogP contribution in [0.15, 0.2) is 82.3 Å². The Bertz CT molecular complexity index is 1360. The van der Waals surface area contributed by atoms with Gasteiger partial charge in [0.05, 0.1) is 18.4 Å². The molecule has 0 aliphatic carbocycles. The van der Waals surface area contributed by atoms with E-state index in [2.05, 4.69) is 10.5 Å². The standard InChI is InChI=1S/C26H22N2O6/c1-2-32-21-10-11-23-20(13-21)14-24(34-23)25(29)28-27-15-19-7-3-4-9-22(19)33-16-17-6-5-8-18(12-17)26(30)31/h3-15H,2,16H2,1H3,(H,28,29)(H,30,31)/b27-15+. The third kappa shape index (κ3) is 5.42. The highest BCUT2D eigenvalue weighted by molar-refractivity contribution is 5.97. The van der Waals surface area contributed by atoms with E-state index in [1.54, 1.807) is 48.5 Å². The summed E-state index contributed by atoms with van der Waals surface area (Å²) in [6.07, 6.45) is 1.47. The van der Waals surface area contributed by atoms with Gasteiger partial charge in [0.25, 0.3) is 0 Å². The molecule has 0 fully saturated rings. The largest absolute Gasteiger partial charge is 0.494 e. The zero-order valence-electron chi connectivity index (χ0n) is 18.4. The second-order valence-corrected chi connectivity index (χ2v) is 7.27. The zero-order valence-corrected chi connectivity index (χ0v) is 18.4. The van der Waals surface area contributed by atoms with Crippen LogP contribution in [0, 0.1) is 0 Å². The van der Waals surface area contributed by atoms with Crippen LogP contribution >= 0.6 is 0 Å². The van der Waals surface area contributed by atoms with Gasteiger partial charge in [-0.15, -0.1) is 0 Å². The number of carboxylic acid groups (broad SMARTS) is 1. The van der Waals surface area contributed by atoms with Crippen molar-refractivity contribution in [2.45, 2.75) is 13.5 Å². The van der Waals surface area contributed by atoms with Gasteiger partial charge in [-0.1, -0.05) is 24.3 Å².